The summed E-state index contributed by atoms with van der Waals surface area (Å²) in [5.74, 6) is 0. The molecule has 154 valence electrons. The molecular formula is C27H40O. The average Bonchev–Trinajstić information content (AvgIpc) is 2.71. The fraction of sp³-hybridized carbons (Fsp3) is 0.481. The molecule has 0 aromatic heterocycles. The van der Waals surface area contributed by atoms with Crippen LogP contribution in [0.15, 0.2) is 76.9 Å². The smallest absolute Gasteiger partial charge is 0.0721 e. The summed E-state index contributed by atoms with van der Waals surface area (Å²) in [6.07, 6.45) is 14.6. The minimum Gasteiger partial charge on any atom is -0.373 e. The molecule has 1 nitrogen and oxygen atoms in total. The molecule has 0 saturated carbocycles. The van der Waals surface area contributed by atoms with E-state index in [1.54, 1.807) is 6.92 Å². The van der Waals surface area contributed by atoms with Crippen LogP contribution in [-0.4, -0.2) is 6.61 Å². The van der Waals surface area contributed by atoms with E-state index in [0.29, 0.717) is 18.8 Å². The summed E-state index contributed by atoms with van der Waals surface area (Å²) in [4.78, 5) is 0. The van der Waals surface area contributed by atoms with Gasteiger partial charge in [0.25, 0.3) is 0 Å². The van der Waals surface area contributed by atoms with E-state index >= 15 is 0 Å². The lowest BCUT2D eigenvalue weighted by atomic mass is 10.0. The molecule has 0 atom stereocenters. The SMILES string of the molecule is [2H]C([2H])([2H])/C(C)=C/CC/C(C)=C/CC/C(C)=C/CC/C(C)=C/COCc1ccccc1. The lowest BCUT2D eigenvalue weighted by molar-refractivity contribution is 0.148. The summed E-state index contributed by atoms with van der Waals surface area (Å²) in [7, 11) is 0. The maximum atomic E-state index is 7.37. The lowest BCUT2D eigenvalue weighted by Gasteiger charge is -2.04. The van der Waals surface area contributed by atoms with E-state index in [1.165, 1.54) is 22.3 Å². The van der Waals surface area contributed by atoms with Gasteiger partial charge in [0, 0.05) is 4.11 Å². The first-order valence-electron chi connectivity index (χ1n) is 11.9. The van der Waals surface area contributed by atoms with Crippen molar-refractivity contribution in [2.45, 2.75) is 79.7 Å². The Hall–Kier alpha value is -1.86. The molecule has 0 bridgehead atoms. The molecule has 0 aliphatic rings. The number of benzene rings is 1. The first kappa shape index (κ1) is 19.5. The Labute approximate surface area is 178 Å². The third-order valence-corrected chi connectivity index (χ3v) is 4.71. The molecule has 0 amide bonds. The van der Waals surface area contributed by atoms with Gasteiger partial charge in [-0.3, -0.25) is 0 Å². The Morgan fingerprint density at radius 1 is 0.786 bits per heavy atom. The molecular weight excluding hydrogens is 340 g/mol. The van der Waals surface area contributed by atoms with Crippen molar-refractivity contribution >= 4 is 0 Å². The monoisotopic (exact) mass is 383 g/mol. The molecule has 0 saturated heterocycles. The highest BCUT2D eigenvalue weighted by Gasteiger charge is 1.94. The highest BCUT2D eigenvalue weighted by molar-refractivity contribution is 5.13. The largest absolute Gasteiger partial charge is 0.373 e. The lowest BCUT2D eigenvalue weighted by Crippen LogP contribution is -1.93. The van der Waals surface area contributed by atoms with Gasteiger partial charge in [0.05, 0.1) is 13.2 Å². The maximum absolute atomic E-state index is 7.37. The first-order chi connectivity index (χ1) is 14.7. The second kappa shape index (κ2) is 15.1. The summed E-state index contributed by atoms with van der Waals surface area (Å²) in [5, 5.41) is 0. The Morgan fingerprint density at radius 2 is 1.32 bits per heavy atom. The highest BCUT2D eigenvalue weighted by atomic mass is 16.5. The maximum Gasteiger partial charge on any atom is 0.0721 e. The highest BCUT2D eigenvalue weighted by Crippen LogP contribution is 2.13. The van der Waals surface area contributed by atoms with Crippen LogP contribution in [0.25, 0.3) is 0 Å². The number of hydrogen-bond acceptors (Lipinski definition) is 1. The molecule has 0 spiro atoms. The van der Waals surface area contributed by atoms with Gasteiger partial charge in [0.1, 0.15) is 0 Å². The Bertz CT molecular complexity index is 752. The van der Waals surface area contributed by atoms with Crippen LogP contribution < -0.4 is 0 Å². The van der Waals surface area contributed by atoms with Crippen molar-refractivity contribution in [2.75, 3.05) is 6.61 Å². The zero-order valence-electron chi connectivity index (χ0n) is 21.3. The van der Waals surface area contributed by atoms with E-state index in [-0.39, 0.29) is 0 Å². The molecule has 0 radical (unpaired) electrons. The molecule has 0 unspecified atom stereocenters. The van der Waals surface area contributed by atoms with E-state index in [2.05, 4.69) is 51.1 Å². The second-order valence-electron chi connectivity index (χ2n) is 7.66. The Kier molecular flexibility index (Phi) is 10.5. The normalized spacial score (nSPS) is 15.9. The molecule has 1 aromatic carbocycles. The topological polar surface area (TPSA) is 9.23 Å². The second-order valence-corrected chi connectivity index (χ2v) is 7.66. The molecule has 1 heteroatoms. The molecule has 1 aromatic rings. The average molecular weight is 384 g/mol. The van der Waals surface area contributed by atoms with Crippen molar-refractivity contribution in [3.8, 4) is 0 Å². The van der Waals surface area contributed by atoms with Crippen molar-refractivity contribution in [1.29, 1.82) is 0 Å². The van der Waals surface area contributed by atoms with E-state index in [4.69, 9.17) is 8.85 Å². The third kappa shape index (κ3) is 13.3. The number of hydrogen-bond donors (Lipinski definition) is 0. The summed E-state index contributed by atoms with van der Waals surface area (Å²) >= 11 is 0. The van der Waals surface area contributed by atoms with E-state index in [1.807, 2.05) is 24.3 Å². The zero-order chi connectivity index (χ0) is 23.1. The quantitative estimate of drug-likeness (QED) is 0.245. The van der Waals surface area contributed by atoms with Crippen LogP contribution >= 0.6 is 0 Å². The minimum absolute atomic E-state index is 0.492. The van der Waals surface area contributed by atoms with Gasteiger partial charge in [0.15, 0.2) is 0 Å². The van der Waals surface area contributed by atoms with Gasteiger partial charge in [0.2, 0.25) is 0 Å². The third-order valence-electron chi connectivity index (χ3n) is 4.71. The molecule has 28 heavy (non-hydrogen) atoms. The van der Waals surface area contributed by atoms with E-state index < -0.39 is 6.85 Å². The van der Waals surface area contributed by atoms with Gasteiger partial charge < -0.3 is 4.74 Å². The van der Waals surface area contributed by atoms with Gasteiger partial charge in [-0.05, 0) is 78.6 Å². The molecule has 0 aliphatic carbocycles. The van der Waals surface area contributed by atoms with Gasteiger partial charge in [-0.15, -0.1) is 0 Å². The summed E-state index contributed by atoms with van der Waals surface area (Å²) in [6, 6.07) is 10.3. The van der Waals surface area contributed by atoms with Crippen molar-refractivity contribution < 1.29 is 8.85 Å². The molecule has 0 aliphatic heterocycles. The van der Waals surface area contributed by atoms with Crippen LogP contribution in [0, 0.1) is 0 Å². The van der Waals surface area contributed by atoms with Crippen molar-refractivity contribution in [3.05, 3.63) is 82.5 Å². The van der Waals surface area contributed by atoms with Crippen molar-refractivity contribution in [1.82, 2.24) is 0 Å². The number of rotatable bonds is 13. The van der Waals surface area contributed by atoms with E-state index in [9.17, 15) is 0 Å². The summed E-state index contributed by atoms with van der Waals surface area (Å²) in [5.41, 5.74) is 5.82. The minimum atomic E-state index is -1.96. The molecule has 0 heterocycles. The van der Waals surface area contributed by atoms with Crippen LogP contribution in [0.5, 0.6) is 0 Å². The standard InChI is InChI=1S/C27H40O/c1-23(2)12-9-13-24(3)14-10-15-25(4)16-11-17-26(5)20-21-28-22-27-18-7-6-8-19-27/h6-8,12,14,16,18-20H,9-11,13,15,17,21-22H2,1-5H3/b24-14+,25-16+,26-20+/i1D3/b23-12-,24-14+,25-16+,26-20+. The zero-order valence-corrected chi connectivity index (χ0v) is 18.3. The summed E-state index contributed by atoms with van der Waals surface area (Å²) in [6.45, 7) is 7.56. The predicted molar refractivity (Wildman–Crippen MR) is 125 cm³/mol. The van der Waals surface area contributed by atoms with Crippen LogP contribution in [-0.2, 0) is 11.3 Å². The molecule has 1 rings (SSSR count). The van der Waals surface area contributed by atoms with Gasteiger partial charge in [-0.25, -0.2) is 0 Å². The Balaban J connectivity index is 2.21. The van der Waals surface area contributed by atoms with Crippen LogP contribution in [0.1, 0.15) is 82.7 Å². The fourth-order valence-electron chi connectivity index (χ4n) is 2.87. The van der Waals surface area contributed by atoms with Crippen LogP contribution in [0.4, 0.5) is 0 Å². The predicted octanol–water partition coefficient (Wildman–Crippen LogP) is 8.35. The van der Waals surface area contributed by atoms with Crippen molar-refractivity contribution in [2.24, 2.45) is 0 Å². The summed E-state index contributed by atoms with van der Waals surface area (Å²) < 4.78 is 27.8. The fourth-order valence-corrected chi connectivity index (χ4v) is 2.87. The Morgan fingerprint density at radius 3 is 1.89 bits per heavy atom. The van der Waals surface area contributed by atoms with E-state index in [0.717, 1.165) is 38.5 Å². The number of ether oxygens (including phenoxy) is 1. The van der Waals surface area contributed by atoms with Crippen LogP contribution in [0.2, 0.25) is 0 Å². The molecule has 0 fully saturated rings. The molecule has 0 N–H and O–H groups in total. The van der Waals surface area contributed by atoms with Gasteiger partial charge >= 0.3 is 0 Å². The van der Waals surface area contributed by atoms with Crippen molar-refractivity contribution in [3.63, 3.8) is 0 Å². The van der Waals surface area contributed by atoms with Gasteiger partial charge in [-0.2, -0.15) is 0 Å². The van der Waals surface area contributed by atoms with Gasteiger partial charge in [-0.1, -0.05) is 76.9 Å². The first-order valence-corrected chi connectivity index (χ1v) is 10.4. The number of allylic oxidation sites excluding steroid dienone is 7. The van der Waals surface area contributed by atoms with Crippen LogP contribution in [0.3, 0.4) is 0 Å².